The van der Waals surface area contributed by atoms with Crippen LogP contribution in [0.25, 0.3) is 10.4 Å². The van der Waals surface area contributed by atoms with Crippen molar-refractivity contribution >= 4 is 11.9 Å². The Hall–Kier alpha value is -2.05. The average Bonchev–Trinajstić information content (AvgIpc) is 2.54. The van der Waals surface area contributed by atoms with Crippen molar-refractivity contribution < 1.29 is 19.1 Å². The summed E-state index contributed by atoms with van der Waals surface area (Å²) in [4.78, 5) is 26.5. The molecule has 0 aromatic rings. The van der Waals surface area contributed by atoms with Crippen LogP contribution in [0.3, 0.4) is 0 Å². The smallest absolute Gasteiger partial charge is 0.333 e. The minimum atomic E-state index is -0.609. The SMILES string of the molecule is CCOC(=O)C1=C[C@H](OC(CC)CC)[C@H](NC(C)=O)[C@@H](N=[N+]=[N-])C1. The Balaban J connectivity index is 3.17. The third-order valence-electron chi connectivity index (χ3n) is 3.93. The fourth-order valence-electron chi connectivity index (χ4n) is 2.74. The number of hydrogen-bond donors (Lipinski definition) is 1. The maximum Gasteiger partial charge on any atom is 0.333 e. The van der Waals surface area contributed by atoms with Crippen LogP contribution in [-0.4, -0.2) is 42.8 Å². The molecule has 0 heterocycles. The topological polar surface area (TPSA) is 113 Å². The first kappa shape index (κ1) is 20.0. The Morgan fingerprint density at radius 3 is 2.58 bits per heavy atom. The monoisotopic (exact) mass is 338 g/mol. The third kappa shape index (κ3) is 5.54. The summed E-state index contributed by atoms with van der Waals surface area (Å²) in [7, 11) is 0. The van der Waals surface area contributed by atoms with Crippen molar-refractivity contribution in [2.75, 3.05) is 6.61 Å². The third-order valence-corrected chi connectivity index (χ3v) is 3.93. The molecule has 0 bridgehead atoms. The van der Waals surface area contributed by atoms with E-state index in [-0.39, 0.29) is 25.0 Å². The number of rotatable bonds is 8. The molecule has 1 rings (SSSR count). The van der Waals surface area contributed by atoms with Crippen molar-refractivity contribution in [2.45, 2.75) is 71.2 Å². The van der Waals surface area contributed by atoms with Crippen molar-refractivity contribution in [1.29, 1.82) is 0 Å². The van der Waals surface area contributed by atoms with E-state index in [1.165, 1.54) is 6.92 Å². The molecule has 8 nitrogen and oxygen atoms in total. The number of carbonyl (C=O) groups excluding carboxylic acids is 2. The van der Waals surface area contributed by atoms with Gasteiger partial charge in [-0.25, -0.2) is 4.79 Å². The lowest BCUT2D eigenvalue weighted by Crippen LogP contribution is -2.53. The van der Waals surface area contributed by atoms with Gasteiger partial charge in [0, 0.05) is 17.4 Å². The second-order valence-electron chi connectivity index (χ2n) is 5.65. The minimum absolute atomic E-state index is 0.0178. The van der Waals surface area contributed by atoms with Gasteiger partial charge in [0.2, 0.25) is 5.91 Å². The van der Waals surface area contributed by atoms with Crippen LogP contribution in [0.5, 0.6) is 0 Å². The van der Waals surface area contributed by atoms with Gasteiger partial charge in [0.15, 0.2) is 0 Å². The van der Waals surface area contributed by atoms with Gasteiger partial charge in [-0.3, -0.25) is 4.79 Å². The lowest BCUT2D eigenvalue weighted by molar-refractivity contribution is -0.139. The molecule has 1 aliphatic carbocycles. The Morgan fingerprint density at radius 1 is 1.42 bits per heavy atom. The normalized spacial score (nSPS) is 23.2. The van der Waals surface area contributed by atoms with Gasteiger partial charge in [-0.05, 0) is 37.8 Å². The summed E-state index contributed by atoms with van der Waals surface area (Å²) in [5.74, 6) is -0.695. The van der Waals surface area contributed by atoms with E-state index >= 15 is 0 Å². The van der Waals surface area contributed by atoms with Gasteiger partial charge in [-0.15, -0.1) is 0 Å². The number of azide groups is 1. The molecule has 24 heavy (non-hydrogen) atoms. The molecular weight excluding hydrogens is 312 g/mol. The van der Waals surface area contributed by atoms with Crippen LogP contribution in [0.2, 0.25) is 0 Å². The second kappa shape index (κ2) is 9.95. The zero-order valence-electron chi connectivity index (χ0n) is 14.7. The van der Waals surface area contributed by atoms with Crippen LogP contribution in [0.1, 0.15) is 47.0 Å². The summed E-state index contributed by atoms with van der Waals surface area (Å²) in [5.41, 5.74) is 9.24. The first-order chi connectivity index (χ1) is 11.5. The molecule has 0 saturated heterocycles. The molecule has 0 aromatic heterocycles. The predicted molar refractivity (Wildman–Crippen MR) is 89.1 cm³/mol. The van der Waals surface area contributed by atoms with E-state index in [0.29, 0.717) is 5.57 Å². The molecule has 0 radical (unpaired) electrons. The summed E-state index contributed by atoms with van der Waals surface area (Å²) in [6.45, 7) is 7.39. The molecular formula is C16H26N4O4. The highest BCUT2D eigenvalue weighted by atomic mass is 16.5. The van der Waals surface area contributed by atoms with E-state index in [2.05, 4.69) is 15.3 Å². The van der Waals surface area contributed by atoms with Gasteiger partial charge in [0.25, 0.3) is 0 Å². The van der Waals surface area contributed by atoms with E-state index in [0.717, 1.165) is 12.8 Å². The van der Waals surface area contributed by atoms with E-state index in [1.807, 2.05) is 13.8 Å². The van der Waals surface area contributed by atoms with Gasteiger partial charge < -0.3 is 14.8 Å². The van der Waals surface area contributed by atoms with Crippen molar-refractivity contribution in [3.05, 3.63) is 22.1 Å². The highest BCUT2D eigenvalue weighted by molar-refractivity contribution is 5.89. The fraction of sp³-hybridized carbons (Fsp3) is 0.750. The van der Waals surface area contributed by atoms with Crippen LogP contribution >= 0.6 is 0 Å². The minimum Gasteiger partial charge on any atom is -0.463 e. The van der Waals surface area contributed by atoms with Crippen LogP contribution in [-0.2, 0) is 19.1 Å². The second-order valence-corrected chi connectivity index (χ2v) is 5.65. The maximum atomic E-state index is 12.1. The maximum absolute atomic E-state index is 12.1. The molecule has 0 saturated carbocycles. The lowest BCUT2D eigenvalue weighted by atomic mass is 9.88. The summed E-state index contributed by atoms with van der Waals surface area (Å²) in [6, 6.07) is -1.13. The summed E-state index contributed by atoms with van der Waals surface area (Å²) in [6.07, 6.45) is 2.92. The van der Waals surface area contributed by atoms with Crippen molar-refractivity contribution in [3.8, 4) is 0 Å². The van der Waals surface area contributed by atoms with E-state index in [4.69, 9.17) is 15.0 Å². The van der Waals surface area contributed by atoms with Crippen molar-refractivity contribution in [1.82, 2.24) is 5.32 Å². The van der Waals surface area contributed by atoms with E-state index in [9.17, 15) is 9.59 Å². The van der Waals surface area contributed by atoms with Crippen LogP contribution in [0.15, 0.2) is 16.8 Å². The largest absolute Gasteiger partial charge is 0.463 e. The molecule has 1 N–H and O–H groups in total. The molecule has 0 spiro atoms. The summed E-state index contributed by atoms with van der Waals surface area (Å²) < 4.78 is 11.1. The molecule has 8 heteroatoms. The molecule has 0 unspecified atom stereocenters. The molecule has 1 amide bonds. The zero-order valence-corrected chi connectivity index (χ0v) is 14.7. The Bertz CT molecular complexity index is 524. The Labute approximate surface area is 142 Å². The standard InChI is InChI=1S/C16H26N4O4/c1-5-12(6-2)24-14-9-11(16(22)23-7-3)8-13(19-20-17)15(14)18-10(4)21/h9,12-15H,5-8H2,1-4H3,(H,18,21)/t13-,14-,15+/m0/s1. The summed E-state index contributed by atoms with van der Waals surface area (Å²) >= 11 is 0. The number of nitrogens with zero attached hydrogens (tertiary/aromatic N) is 3. The van der Waals surface area contributed by atoms with Gasteiger partial charge in [-0.2, -0.15) is 0 Å². The van der Waals surface area contributed by atoms with Crippen LogP contribution in [0.4, 0.5) is 0 Å². The van der Waals surface area contributed by atoms with Gasteiger partial charge >= 0.3 is 5.97 Å². The van der Waals surface area contributed by atoms with E-state index < -0.39 is 24.2 Å². The van der Waals surface area contributed by atoms with Gasteiger partial charge in [-0.1, -0.05) is 19.0 Å². The first-order valence-electron chi connectivity index (χ1n) is 8.31. The van der Waals surface area contributed by atoms with Crippen LogP contribution in [0, 0.1) is 0 Å². The van der Waals surface area contributed by atoms with Crippen molar-refractivity contribution in [2.24, 2.45) is 5.11 Å². The van der Waals surface area contributed by atoms with Gasteiger partial charge in [0.1, 0.15) is 0 Å². The number of nitrogens with one attached hydrogen (secondary N) is 1. The molecule has 0 fully saturated rings. The molecule has 3 atom stereocenters. The number of esters is 1. The lowest BCUT2D eigenvalue weighted by Gasteiger charge is -2.36. The number of hydrogen-bond acceptors (Lipinski definition) is 5. The number of ether oxygens (including phenoxy) is 2. The summed E-state index contributed by atoms with van der Waals surface area (Å²) in [5, 5.41) is 6.54. The number of carbonyl (C=O) groups is 2. The predicted octanol–water partition coefficient (Wildman–Crippen LogP) is 2.64. The zero-order chi connectivity index (χ0) is 18.1. The van der Waals surface area contributed by atoms with Crippen LogP contribution < -0.4 is 5.32 Å². The van der Waals surface area contributed by atoms with E-state index in [1.54, 1.807) is 13.0 Å². The van der Waals surface area contributed by atoms with Gasteiger partial charge in [0.05, 0.1) is 30.9 Å². The number of amides is 1. The quantitative estimate of drug-likeness (QED) is 0.317. The highest BCUT2D eigenvalue weighted by Gasteiger charge is 2.37. The molecule has 134 valence electrons. The molecule has 0 aromatic carbocycles. The molecule has 0 aliphatic heterocycles. The molecule has 1 aliphatic rings. The van der Waals surface area contributed by atoms with Crippen molar-refractivity contribution in [3.63, 3.8) is 0 Å². The first-order valence-corrected chi connectivity index (χ1v) is 8.31. The Kier molecular flexibility index (Phi) is 8.29. The fourth-order valence-corrected chi connectivity index (χ4v) is 2.74. The Morgan fingerprint density at radius 2 is 2.08 bits per heavy atom. The highest BCUT2D eigenvalue weighted by Crippen LogP contribution is 2.27. The average molecular weight is 338 g/mol.